The average molecular weight is 406 g/mol. The fourth-order valence-corrected chi connectivity index (χ4v) is 4.74. The molecular formula is C23H23FN4O2. The molecule has 0 bridgehead atoms. The summed E-state index contributed by atoms with van der Waals surface area (Å²) in [6.07, 6.45) is 1.35. The maximum absolute atomic E-state index is 14.6. The smallest absolute Gasteiger partial charge is 0.272 e. The standard InChI is InChI=1S/C23H23FN4O2/c24-20-6-5-14(10-21-17-3-1-2-4-18(17)22(29)27-26-21)9-19(20)23(30)28-8-7-15-11-25-12-16(15)13-28/h1-6,9,15-16,25H,7-8,10-13H2,(H,27,29). The first-order valence-corrected chi connectivity index (χ1v) is 10.3. The molecule has 3 aromatic rings. The molecule has 0 spiro atoms. The van der Waals surface area contributed by atoms with Crippen LogP contribution in [0, 0.1) is 17.7 Å². The summed E-state index contributed by atoms with van der Waals surface area (Å²) >= 11 is 0. The van der Waals surface area contributed by atoms with Gasteiger partial charge in [-0.05, 0) is 55.1 Å². The first-order chi connectivity index (χ1) is 14.6. The van der Waals surface area contributed by atoms with Gasteiger partial charge in [0.15, 0.2) is 0 Å². The molecule has 1 amide bonds. The average Bonchev–Trinajstić information content (AvgIpc) is 3.24. The molecule has 2 N–H and O–H groups in total. The first kappa shape index (κ1) is 18.9. The van der Waals surface area contributed by atoms with E-state index in [-0.39, 0.29) is 17.0 Å². The first-order valence-electron chi connectivity index (χ1n) is 10.3. The third kappa shape index (κ3) is 3.39. The minimum absolute atomic E-state index is 0.102. The van der Waals surface area contributed by atoms with Crippen molar-refractivity contribution in [2.75, 3.05) is 26.2 Å². The molecule has 1 aromatic heterocycles. The van der Waals surface area contributed by atoms with Crippen molar-refractivity contribution in [1.82, 2.24) is 20.4 Å². The fourth-order valence-electron chi connectivity index (χ4n) is 4.74. The number of nitrogens with one attached hydrogen (secondary N) is 2. The van der Waals surface area contributed by atoms with Crippen LogP contribution in [0.15, 0.2) is 47.3 Å². The lowest BCUT2D eigenvalue weighted by atomic mass is 9.88. The van der Waals surface area contributed by atoms with Crippen LogP contribution >= 0.6 is 0 Å². The van der Waals surface area contributed by atoms with Crippen molar-refractivity contribution in [3.63, 3.8) is 0 Å². The largest absolute Gasteiger partial charge is 0.338 e. The van der Waals surface area contributed by atoms with Crippen LogP contribution in [-0.2, 0) is 6.42 Å². The highest BCUT2D eigenvalue weighted by Gasteiger charge is 2.35. The molecule has 2 unspecified atom stereocenters. The zero-order valence-electron chi connectivity index (χ0n) is 16.5. The van der Waals surface area contributed by atoms with Gasteiger partial charge in [-0.15, -0.1) is 0 Å². The number of hydrogen-bond acceptors (Lipinski definition) is 4. The van der Waals surface area contributed by atoms with Crippen LogP contribution in [0.5, 0.6) is 0 Å². The molecule has 0 radical (unpaired) electrons. The Morgan fingerprint density at radius 3 is 2.80 bits per heavy atom. The van der Waals surface area contributed by atoms with Crippen molar-refractivity contribution < 1.29 is 9.18 Å². The summed E-state index contributed by atoms with van der Waals surface area (Å²) < 4.78 is 14.6. The number of piperidine rings is 1. The topological polar surface area (TPSA) is 78.1 Å². The van der Waals surface area contributed by atoms with Gasteiger partial charge in [-0.25, -0.2) is 9.49 Å². The van der Waals surface area contributed by atoms with Crippen LogP contribution in [0.3, 0.4) is 0 Å². The van der Waals surface area contributed by atoms with Crippen LogP contribution < -0.4 is 10.9 Å². The highest BCUT2D eigenvalue weighted by molar-refractivity contribution is 5.95. The number of rotatable bonds is 3. The number of carbonyl (C=O) groups is 1. The second-order valence-electron chi connectivity index (χ2n) is 8.25. The van der Waals surface area contributed by atoms with E-state index in [0.717, 1.165) is 30.5 Å². The Labute approximate surface area is 173 Å². The second-order valence-corrected chi connectivity index (χ2v) is 8.25. The van der Waals surface area contributed by atoms with Gasteiger partial charge >= 0.3 is 0 Å². The molecule has 0 aliphatic carbocycles. The van der Waals surface area contributed by atoms with E-state index in [1.165, 1.54) is 6.07 Å². The van der Waals surface area contributed by atoms with Gasteiger partial charge in [-0.1, -0.05) is 24.3 Å². The van der Waals surface area contributed by atoms with Crippen LogP contribution in [-0.4, -0.2) is 47.2 Å². The third-order valence-corrected chi connectivity index (χ3v) is 6.40. The molecular weight excluding hydrogens is 383 g/mol. The third-order valence-electron chi connectivity index (χ3n) is 6.40. The fraction of sp³-hybridized carbons (Fsp3) is 0.348. The van der Waals surface area contributed by atoms with Gasteiger partial charge in [0, 0.05) is 24.9 Å². The molecule has 6 nitrogen and oxygen atoms in total. The van der Waals surface area contributed by atoms with Crippen LogP contribution in [0.25, 0.3) is 10.8 Å². The quantitative estimate of drug-likeness (QED) is 0.700. The van der Waals surface area contributed by atoms with E-state index in [1.54, 1.807) is 29.2 Å². The molecule has 2 saturated heterocycles. The van der Waals surface area contributed by atoms with E-state index < -0.39 is 5.82 Å². The summed E-state index contributed by atoms with van der Waals surface area (Å²) in [4.78, 5) is 26.9. The van der Waals surface area contributed by atoms with Gasteiger partial charge in [0.05, 0.1) is 16.6 Å². The number of halogens is 1. The summed E-state index contributed by atoms with van der Waals surface area (Å²) in [5, 5.41) is 11.4. The van der Waals surface area contributed by atoms with E-state index in [4.69, 9.17) is 0 Å². The number of nitrogens with zero attached hydrogens (tertiary/aromatic N) is 2. The summed E-state index contributed by atoms with van der Waals surface area (Å²) in [7, 11) is 0. The maximum atomic E-state index is 14.6. The minimum Gasteiger partial charge on any atom is -0.338 e. The molecule has 30 heavy (non-hydrogen) atoms. The lowest BCUT2D eigenvalue weighted by molar-refractivity contribution is 0.0637. The number of fused-ring (bicyclic) bond motifs is 2. The summed E-state index contributed by atoms with van der Waals surface area (Å²) in [6, 6.07) is 11.9. The van der Waals surface area contributed by atoms with Crippen LogP contribution in [0.4, 0.5) is 4.39 Å². The Morgan fingerprint density at radius 2 is 1.93 bits per heavy atom. The van der Waals surface area contributed by atoms with E-state index in [1.807, 2.05) is 12.1 Å². The molecule has 2 atom stereocenters. The predicted octanol–water partition coefficient (Wildman–Crippen LogP) is 2.33. The second kappa shape index (κ2) is 7.65. The molecule has 2 aromatic carbocycles. The normalized spacial score (nSPS) is 21.0. The Morgan fingerprint density at radius 1 is 1.13 bits per heavy atom. The van der Waals surface area contributed by atoms with Crippen molar-refractivity contribution in [2.24, 2.45) is 11.8 Å². The van der Waals surface area contributed by atoms with Crippen molar-refractivity contribution in [3.8, 4) is 0 Å². The summed E-state index contributed by atoms with van der Waals surface area (Å²) in [6.45, 7) is 3.27. The molecule has 0 saturated carbocycles. The van der Waals surface area contributed by atoms with E-state index in [0.29, 0.717) is 42.4 Å². The highest BCUT2D eigenvalue weighted by Crippen LogP contribution is 2.28. The molecule has 7 heteroatoms. The lowest BCUT2D eigenvalue weighted by Crippen LogP contribution is -2.43. The Bertz CT molecular complexity index is 1180. The number of hydrogen-bond donors (Lipinski definition) is 2. The lowest BCUT2D eigenvalue weighted by Gasteiger charge is -2.34. The predicted molar refractivity (Wildman–Crippen MR) is 112 cm³/mol. The summed E-state index contributed by atoms with van der Waals surface area (Å²) in [5.74, 6) is 0.309. The van der Waals surface area contributed by atoms with E-state index in [2.05, 4.69) is 15.5 Å². The van der Waals surface area contributed by atoms with Gasteiger partial charge in [-0.3, -0.25) is 9.59 Å². The number of aromatic nitrogens is 2. The minimum atomic E-state index is -0.505. The van der Waals surface area contributed by atoms with Crippen LogP contribution in [0.2, 0.25) is 0 Å². The zero-order chi connectivity index (χ0) is 20.7. The number of amides is 1. The highest BCUT2D eigenvalue weighted by atomic mass is 19.1. The molecule has 2 aliphatic heterocycles. The Hall–Kier alpha value is -3.06. The van der Waals surface area contributed by atoms with Gasteiger partial charge in [-0.2, -0.15) is 5.10 Å². The Kier molecular flexibility index (Phi) is 4.83. The van der Waals surface area contributed by atoms with Gasteiger partial charge < -0.3 is 10.2 Å². The van der Waals surface area contributed by atoms with E-state index >= 15 is 0 Å². The van der Waals surface area contributed by atoms with Gasteiger partial charge in [0.2, 0.25) is 0 Å². The zero-order valence-corrected chi connectivity index (χ0v) is 16.5. The van der Waals surface area contributed by atoms with E-state index in [9.17, 15) is 14.0 Å². The molecule has 3 heterocycles. The van der Waals surface area contributed by atoms with Crippen molar-refractivity contribution in [3.05, 3.63) is 75.5 Å². The van der Waals surface area contributed by atoms with Crippen molar-refractivity contribution in [1.29, 1.82) is 0 Å². The van der Waals surface area contributed by atoms with Gasteiger partial charge in [0.1, 0.15) is 5.82 Å². The molecule has 2 fully saturated rings. The monoisotopic (exact) mass is 406 g/mol. The van der Waals surface area contributed by atoms with Gasteiger partial charge in [0.25, 0.3) is 11.5 Å². The van der Waals surface area contributed by atoms with Crippen LogP contribution in [0.1, 0.15) is 28.0 Å². The summed E-state index contributed by atoms with van der Waals surface area (Å²) in [5.41, 5.74) is 1.33. The molecule has 154 valence electrons. The number of carbonyl (C=O) groups excluding carboxylic acids is 1. The Balaban J connectivity index is 1.42. The van der Waals surface area contributed by atoms with Crippen molar-refractivity contribution in [2.45, 2.75) is 12.8 Å². The van der Waals surface area contributed by atoms with Crippen molar-refractivity contribution >= 4 is 16.7 Å². The number of aromatic amines is 1. The molecule has 2 aliphatic rings. The number of likely N-dealkylation sites (tertiary alicyclic amines) is 1. The maximum Gasteiger partial charge on any atom is 0.272 e. The number of H-pyrrole nitrogens is 1. The molecule has 5 rings (SSSR count). The number of benzene rings is 2. The SMILES string of the molecule is O=C(c1cc(Cc2n[nH]c(=O)c3ccccc23)ccc1F)N1CCC2CNCC2C1.